The van der Waals surface area contributed by atoms with E-state index in [4.69, 9.17) is 29.6 Å². The van der Waals surface area contributed by atoms with Gasteiger partial charge >= 0.3 is 0 Å². The molecular formula is C12H16ClN3O2S2. The van der Waals surface area contributed by atoms with Crippen molar-refractivity contribution in [1.29, 1.82) is 0 Å². The number of hydrogen-bond donors (Lipinski definition) is 1. The molecule has 110 valence electrons. The van der Waals surface area contributed by atoms with E-state index in [1.54, 1.807) is 18.2 Å². The molecule has 5 nitrogen and oxygen atoms in total. The fraction of sp³-hybridized carbons (Fsp3) is 0.417. The summed E-state index contributed by atoms with van der Waals surface area (Å²) in [7, 11) is -3.53. The van der Waals surface area contributed by atoms with Crippen molar-refractivity contribution >= 4 is 38.8 Å². The zero-order chi connectivity index (χ0) is 14.8. The van der Waals surface area contributed by atoms with Crippen LogP contribution in [0.15, 0.2) is 29.2 Å². The van der Waals surface area contributed by atoms with Crippen LogP contribution in [0.1, 0.15) is 0 Å². The van der Waals surface area contributed by atoms with Crippen LogP contribution in [0.3, 0.4) is 0 Å². The summed E-state index contributed by atoms with van der Waals surface area (Å²) >= 11 is 10.8. The van der Waals surface area contributed by atoms with Crippen molar-refractivity contribution in [2.24, 2.45) is 5.73 Å². The maximum absolute atomic E-state index is 12.5. The van der Waals surface area contributed by atoms with Gasteiger partial charge in [0, 0.05) is 32.7 Å². The standard InChI is InChI=1S/C12H16ClN3O2S2/c13-10-3-1-2-4-11(10)20(17,18)16-7-5-15(6-8-16)9-12(14)19/h1-4H,5-9H2,(H2,14,19). The lowest BCUT2D eigenvalue weighted by atomic mass is 10.3. The summed E-state index contributed by atoms with van der Waals surface area (Å²) in [5.74, 6) is 0. The second-order valence-electron chi connectivity index (χ2n) is 4.58. The summed E-state index contributed by atoms with van der Waals surface area (Å²) in [5.41, 5.74) is 5.50. The Bertz CT molecular complexity index is 598. The van der Waals surface area contributed by atoms with E-state index >= 15 is 0 Å². The molecule has 1 aliphatic heterocycles. The summed E-state index contributed by atoms with van der Waals surface area (Å²) in [6.45, 7) is 2.57. The number of thiocarbonyl (C=S) groups is 1. The fourth-order valence-corrected chi connectivity index (χ4v) is 4.24. The lowest BCUT2D eigenvalue weighted by molar-refractivity contribution is 0.209. The molecule has 1 aliphatic rings. The summed E-state index contributed by atoms with van der Waals surface area (Å²) in [5, 5.41) is 0.248. The Morgan fingerprint density at radius 2 is 1.85 bits per heavy atom. The summed E-state index contributed by atoms with van der Waals surface area (Å²) in [4.78, 5) is 2.62. The molecule has 0 aromatic heterocycles. The average Bonchev–Trinajstić information content (AvgIpc) is 2.39. The van der Waals surface area contributed by atoms with Crippen LogP contribution in [-0.2, 0) is 10.0 Å². The first-order chi connectivity index (χ1) is 9.41. The van der Waals surface area contributed by atoms with E-state index in [0.29, 0.717) is 37.7 Å². The zero-order valence-corrected chi connectivity index (χ0v) is 13.2. The summed E-state index contributed by atoms with van der Waals surface area (Å²) in [6.07, 6.45) is 0. The molecule has 1 saturated heterocycles. The van der Waals surface area contributed by atoms with Gasteiger partial charge in [0.05, 0.1) is 10.0 Å². The Morgan fingerprint density at radius 1 is 1.25 bits per heavy atom. The maximum atomic E-state index is 12.5. The molecule has 0 amide bonds. The highest BCUT2D eigenvalue weighted by molar-refractivity contribution is 7.89. The third kappa shape index (κ3) is 3.48. The predicted molar refractivity (Wildman–Crippen MR) is 83.4 cm³/mol. The minimum atomic E-state index is -3.53. The zero-order valence-electron chi connectivity index (χ0n) is 10.8. The van der Waals surface area contributed by atoms with Crippen LogP contribution in [-0.4, -0.2) is 55.3 Å². The molecule has 0 saturated carbocycles. The molecule has 8 heteroatoms. The van der Waals surface area contributed by atoms with Gasteiger partial charge in [-0.3, -0.25) is 4.90 Å². The molecule has 2 rings (SSSR count). The predicted octanol–water partition coefficient (Wildman–Crippen LogP) is 0.932. The molecule has 0 aliphatic carbocycles. The first kappa shape index (κ1) is 15.7. The second kappa shape index (κ2) is 6.36. The van der Waals surface area contributed by atoms with Gasteiger partial charge in [-0.25, -0.2) is 8.42 Å². The minimum absolute atomic E-state index is 0.157. The Morgan fingerprint density at radius 3 is 2.40 bits per heavy atom. The van der Waals surface area contributed by atoms with E-state index in [0.717, 1.165) is 0 Å². The van der Waals surface area contributed by atoms with Crippen molar-refractivity contribution in [2.45, 2.75) is 4.90 Å². The molecule has 1 heterocycles. The Balaban J connectivity index is 2.10. The third-order valence-electron chi connectivity index (χ3n) is 3.17. The molecule has 0 bridgehead atoms. The van der Waals surface area contributed by atoms with Crippen LogP contribution >= 0.6 is 23.8 Å². The molecular weight excluding hydrogens is 318 g/mol. The van der Waals surface area contributed by atoms with Crippen LogP contribution in [0.25, 0.3) is 0 Å². The molecule has 1 aromatic rings. The number of nitrogens with zero attached hydrogens (tertiary/aromatic N) is 2. The highest BCUT2D eigenvalue weighted by Crippen LogP contribution is 2.24. The van der Waals surface area contributed by atoms with Gasteiger partial charge in [-0.05, 0) is 12.1 Å². The van der Waals surface area contributed by atoms with Crippen LogP contribution < -0.4 is 5.73 Å². The van der Waals surface area contributed by atoms with Gasteiger partial charge in [0.1, 0.15) is 4.90 Å². The normalized spacial score (nSPS) is 18.1. The first-order valence-corrected chi connectivity index (χ1v) is 8.39. The van der Waals surface area contributed by atoms with Crippen molar-refractivity contribution in [3.63, 3.8) is 0 Å². The van der Waals surface area contributed by atoms with Gasteiger partial charge in [-0.1, -0.05) is 36.0 Å². The number of nitrogens with two attached hydrogens (primary N) is 1. The van der Waals surface area contributed by atoms with Crippen molar-refractivity contribution in [1.82, 2.24) is 9.21 Å². The van der Waals surface area contributed by atoms with E-state index in [1.807, 2.05) is 4.90 Å². The van der Waals surface area contributed by atoms with Gasteiger partial charge in [-0.15, -0.1) is 0 Å². The van der Waals surface area contributed by atoms with Gasteiger partial charge in [0.25, 0.3) is 0 Å². The molecule has 20 heavy (non-hydrogen) atoms. The van der Waals surface area contributed by atoms with Crippen LogP contribution in [0.5, 0.6) is 0 Å². The Labute approximate surface area is 129 Å². The summed E-state index contributed by atoms with van der Waals surface area (Å²) in [6, 6.07) is 6.49. The van der Waals surface area contributed by atoms with E-state index in [9.17, 15) is 8.42 Å². The lowest BCUT2D eigenvalue weighted by Gasteiger charge is -2.33. The number of halogens is 1. The summed E-state index contributed by atoms with van der Waals surface area (Å²) < 4.78 is 26.5. The van der Waals surface area contributed by atoms with E-state index in [1.165, 1.54) is 10.4 Å². The van der Waals surface area contributed by atoms with Gasteiger partial charge < -0.3 is 5.73 Å². The number of benzene rings is 1. The van der Waals surface area contributed by atoms with E-state index in [2.05, 4.69) is 0 Å². The second-order valence-corrected chi connectivity index (χ2v) is 7.41. The monoisotopic (exact) mass is 333 g/mol. The van der Waals surface area contributed by atoms with Gasteiger partial charge in [-0.2, -0.15) is 4.31 Å². The molecule has 0 radical (unpaired) electrons. The number of hydrogen-bond acceptors (Lipinski definition) is 4. The number of piperazine rings is 1. The molecule has 1 fully saturated rings. The van der Waals surface area contributed by atoms with Crippen LogP contribution in [0.4, 0.5) is 0 Å². The van der Waals surface area contributed by atoms with Crippen molar-refractivity contribution in [3.8, 4) is 0 Å². The Hall–Kier alpha value is -0.730. The molecule has 2 N–H and O–H groups in total. The Kier molecular flexibility index (Phi) is 4.98. The smallest absolute Gasteiger partial charge is 0.244 e. The number of sulfonamides is 1. The highest BCUT2D eigenvalue weighted by atomic mass is 35.5. The van der Waals surface area contributed by atoms with Crippen molar-refractivity contribution in [3.05, 3.63) is 29.3 Å². The van der Waals surface area contributed by atoms with E-state index < -0.39 is 10.0 Å². The maximum Gasteiger partial charge on any atom is 0.244 e. The lowest BCUT2D eigenvalue weighted by Crippen LogP contribution is -2.50. The fourth-order valence-electron chi connectivity index (χ4n) is 2.14. The topological polar surface area (TPSA) is 66.6 Å². The highest BCUT2D eigenvalue weighted by Gasteiger charge is 2.29. The van der Waals surface area contributed by atoms with E-state index in [-0.39, 0.29) is 9.92 Å². The van der Waals surface area contributed by atoms with Crippen molar-refractivity contribution < 1.29 is 8.42 Å². The van der Waals surface area contributed by atoms with Crippen LogP contribution in [0.2, 0.25) is 5.02 Å². The van der Waals surface area contributed by atoms with Gasteiger partial charge in [0.2, 0.25) is 10.0 Å². The third-order valence-corrected chi connectivity index (χ3v) is 5.69. The van der Waals surface area contributed by atoms with Gasteiger partial charge in [0.15, 0.2) is 0 Å². The largest absolute Gasteiger partial charge is 0.392 e. The molecule has 0 atom stereocenters. The quantitative estimate of drug-likeness (QED) is 0.830. The SMILES string of the molecule is NC(=S)CN1CCN(S(=O)(=O)c2ccccc2Cl)CC1. The first-order valence-electron chi connectivity index (χ1n) is 6.16. The molecule has 0 spiro atoms. The van der Waals surface area contributed by atoms with Crippen LogP contribution in [0, 0.1) is 0 Å². The average molecular weight is 334 g/mol. The minimum Gasteiger partial charge on any atom is -0.392 e. The number of rotatable bonds is 4. The molecule has 1 aromatic carbocycles. The van der Waals surface area contributed by atoms with Crippen molar-refractivity contribution in [2.75, 3.05) is 32.7 Å². The molecule has 0 unspecified atom stereocenters.